The maximum atomic E-state index is 12.1. The van der Waals surface area contributed by atoms with E-state index in [-0.39, 0.29) is 6.54 Å². The summed E-state index contributed by atoms with van der Waals surface area (Å²) < 4.78 is 3.92. The van der Waals surface area contributed by atoms with Crippen molar-refractivity contribution in [3.05, 3.63) is 71.8 Å². The van der Waals surface area contributed by atoms with Crippen molar-refractivity contribution in [1.29, 1.82) is 0 Å². The Kier molecular flexibility index (Phi) is 7.22. The molecule has 1 N–H and O–H groups in total. The van der Waals surface area contributed by atoms with E-state index >= 15 is 0 Å². The number of nitrogens with zero attached hydrogens (tertiary/aromatic N) is 6. The van der Waals surface area contributed by atoms with Crippen molar-refractivity contribution in [3.8, 4) is 17.5 Å². The van der Waals surface area contributed by atoms with Gasteiger partial charge in [-0.05, 0) is 75.3 Å². The van der Waals surface area contributed by atoms with Gasteiger partial charge in [-0.2, -0.15) is 0 Å². The lowest BCUT2D eigenvalue weighted by atomic mass is 9.81. The van der Waals surface area contributed by atoms with E-state index in [1.807, 2.05) is 62.8 Å². The van der Waals surface area contributed by atoms with Crippen molar-refractivity contribution >= 4 is 17.1 Å². The summed E-state index contributed by atoms with van der Waals surface area (Å²) in [7, 11) is 0. The average molecular weight is 497 g/mol. The van der Waals surface area contributed by atoms with Gasteiger partial charge in [-0.25, -0.2) is 14.5 Å². The number of aryl methyl sites for hydroxylation is 1. The summed E-state index contributed by atoms with van der Waals surface area (Å²) >= 11 is 0. The van der Waals surface area contributed by atoms with Gasteiger partial charge in [0.25, 0.3) is 0 Å². The van der Waals surface area contributed by atoms with E-state index < -0.39 is 6.09 Å². The molecule has 0 radical (unpaired) electrons. The Hall–Kier alpha value is -4.12. The van der Waals surface area contributed by atoms with Crippen molar-refractivity contribution in [1.82, 2.24) is 29.4 Å². The molecule has 1 aliphatic carbocycles. The van der Waals surface area contributed by atoms with Gasteiger partial charge in [0.2, 0.25) is 0 Å². The fourth-order valence-corrected chi connectivity index (χ4v) is 5.35. The molecule has 1 amide bonds. The number of amides is 1. The van der Waals surface area contributed by atoms with Crippen LogP contribution in [-0.4, -0.2) is 47.2 Å². The number of carboxylic acid groups (broad SMARTS) is 1. The Bertz CT molecular complexity index is 1440. The second-order valence-corrected chi connectivity index (χ2v) is 10.0. The molecule has 37 heavy (non-hydrogen) atoms. The van der Waals surface area contributed by atoms with Crippen molar-refractivity contribution in [3.63, 3.8) is 0 Å². The Labute approximate surface area is 216 Å². The van der Waals surface area contributed by atoms with E-state index in [0.29, 0.717) is 24.1 Å². The molecule has 8 nitrogen and oxygen atoms in total. The van der Waals surface area contributed by atoms with Gasteiger partial charge in [-0.15, -0.1) is 11.0 Å². The molecule has 8 heteroatoms. The van der Waals surface area contributed by atoms with Crippen LogP contribution < -0.4 is 0 Å². The van der Waals surface area contributed by atoms with Crippen LogP contribution in [0, 0.1) is 30.6 Å². The normalized spacial score (nSPS) is 17.4. The van der Waals surface area contributed by atoms with Crippen LogP contribution in [0.5, 0.6) is 0 Å². The number of hydrogen-bond donors (Lipinski definition) is 1. The minimum atomic E-state index is -0.919. The molecule has 5 rings (SSSR count). The summed E-state index contributed by atoms with van der Waals surface area (Å²) in [4.78, 5) is 18.2. The van der Waals surface area contributed by atoms with E-state index in [4.69, 9.17) is 0 Å². The molecule has 0 spiro atoms. The van der Waals surface area contributed by atoms with Gasteiger partial charge in [-0.1, -0.05) is 35.3 Å². The molecule has 1 aliphatic rings. The van der Waals surface area contributed by atoms with Gasteiger partial charge in [0.05, 0.1) is 35.8 Å². The van der Waals surface area contributed by atoms with Crippen LogP contribution in [-0.2, 0) is 13.1 Å². The second kappa shape index (κ2) is 10.9. The first-order chi connectivity index (χ1) is 18.0. The van der Waals surface area contributed by atoms with Crippen molar-refractivity contribution in [2.24, 2.45) is 11.8 Å². The summed E-state index contributed by atoms with van der Waals surface area (Å²) in [6, 6.07) is 14.1. The summed E-state index contributed by atoms with van der Waals surface area (Å²) in [6.07, 6.45) is 7.08. The number of carbonyl (C=O) groups is 1. The van der Waals surface area contributed by atoms with Crippen molar-refractivity contribution in [2.45, 2.75) is 52.6 Å². The van der Waals surface area contributed by atoms with E-state index in [1.165, 1.54) is 10.5 Å². The van der Waals surface area contributed by atoms with Crippen LogP contribution in [0.2, 0.25) is 0 Å². The predicted molar refractivity (Wildman–Crippen MR) is 142 cm³/mol. The first-order valence-electron chi connectivity index (χ1n) is 12.8. The molecule has 1 saturated carbocycles. The SMILES string of the molecule is CC#Cc1ccc2ncn(CC3CCCC(CN(Cc4cn(-c5ccc(C)cc5)nn4)C(=O)O)C3)c2c1. The molecule has 1 fully saturated rings. The standard InChI is InChI=1S/C29H32N6O2/c1-3-5-22-10-13-27-28(15-22)34(20-30-27)17-24-7-4-6-23(14-24)16-33(29(36)37)18-25-19-35(32-31-25)26-11-8-21(2)9-12-26/h8-13,15,19-20,23-24H,4,6-7,14,16-18H2,1-2H3,(H,36,37). The summed E-state index contributed by atoms with van der Waals surface area (Å²) in [5.74, 6) is 6.89. The smallest absolute Gasteiger partial charge is 0.407 e. The maximum Gasteiger partial charge on any atom is 0.407 e. The summed E-state index contributed by atoms with van der Waals surface area (Å²) in [5.41, 5.74) is 5.79. The Balaban J connectivity index is 1.23. The molecule has 0 saturated heterocycles. The minimum absolute atomic E-state index is 0.232. The molecule has 190 valence electrons. The lowest BCUT2D eigenvalue weighted by molar-refractivity contribution is 0.119. The van der Waals surface area contributed by atoms with E-state index in [1.54, 1.807) is 4.68 Å². The Morgan fingerprint density at radius 2 is 1.97 bits per heavy atom. The second-order valence-electron chi connectivity index (χ2n) is 10.0. The maximum absolute atomic E-state index is 12.1. The molecule has 2 aromatic heterocycles. The quantitative estimate of drug-likeness (QED) is 0.352. The fourth-order valence-electron chi connectivity index (χ4n) is 5.35. The number of fused-ring (bicyclic) bond motifs is 1. The third kappa shape index (κ3) is 5.83. The van der Waals surface area contributed by atoms with Crippen LogP contribution in [0.1, 0.15) is 49.4 Å². The van der Waals surface area contributed by atoms with E-state index in [2.05, 4.69) is 37.8 Å². The third-order valence-electron chi connectivity index (χ3n) is 7.18. The van der Waals surface area contributed by atoms with Gasteiger partial charge < -0.3 is 14.6 Å². The van der Waals surface area contributed by atoms with Crippen LogP contribution in [0.15, 0.2) is 55.0 Å². The molecule has 0 aliphatic heterocycles. The molecule has 2 atom stereocenters. The highest BCUT2D eigenvalue weighted by molar-refractivity contribution is 5.77. The molecule has 0 bridgehead atoms. The fraction of sp³-hybridized carbons (Fsp3) is 0.379. The monoisotopic (exact) mass is 496 g/mol. The number of imidazole rings is 1. The highest BCUT2D eigenvalue weighted by Crippen LogP contribution is 2.32. The first-order valence-corrected chi connectivity index (χ1v) is 12.8. The van der Waals surface area contributed by atoms with E-state index in [9.17, 15) is 9.90 Å². The molecule has 4 aromatic rings. The van der Waals surface area contributed by atoms with E-state index in [0.717, 1.165) is 54.5 Å². The van der Waals surface area contributed by atoms with Gasteiger partial charge in [-0.3, -0.25) is 0 Å². The van der Waals surface area contributed by atoms with Crippen LogP contribution in [0.25, 0.3) is 16.7 Å². The van der Waals surface area contributed by atoms with Gasteiger partial charge in [0.1, 0.15) is 5.69 Å². The number of rotatable bonds is 7. The zero-order valence-electron chi connectivity index (χ0n) is 21.3. The zero-order valence-corrected chi connectivity index (χ0v) is 21.3. The lowest BCUT2D eigenvalue weighted by Gasteiger charge is -2.32. The topological polar surface area (TPSA) is 89.1 Å². The van der Waals surface area contributed by atoms with Crippen LogP contribution >= 0.6 is 0 Å². The molecular weight excluding hydrogens is 464 g/mol. The van der Waals surface area contributed by atoms with Crippen LogP contribution in [0.4, 0.5) is 4.79 Å². The lowest BCUT2D eigenvalue weighted by Crippen LogP contribution is -2.36. The first kappa shape index (κ1) is 24.6. The molecular formula is C29H32N6O2. The van der Waals surface area contributed by atoms with Gasteiger partial charge >= 0.3 is 6.09 Å². The van der Waals surface area contributed by atoms with Crippen molar-refractivity contribution < 1.29 is 9.90 Å². The Morgan fingerprint density at radius 1 is 1.16 bits per heavy atom. The third-order valence-corrected chi connectivity index (χ3v) is 7.18. The molecule has 2 unspecified atom stereocenters. The highest BCUT2D eigenvalue weighted by Gasteiger charge is 2.27. The van der Waals surface area contributed by atoms with Crippen LogP contribution in [0.3, 0.4) is 0 Å². The largest absolute Gasteiger partial charge is 0.465 e. The summed E-state index contributed by atoms with van der Waals surface area (Å²) in [6.45, 7) is 5.50. The minimum Gasteiger partial charge on any atom is -0.465 e. The molecule has 2 aromatic carbocycles. The predicted octanol–water partition coefficient (Wildman–Crippen LogP) is 5.28. The summed E-state index contributed by atoms with van der Waals surface area (Å²) in [5, 5.41) is 18.4. The number of aromatic nitrogens is 5. The Morgan fingerprint density at radius 3 is 2.76 bits per heavy atom. The number of hydrogen-bond acceptors (Lipinski definition) is 4. The number of benzene rings is 2. The zero-order chi connectivity index (χ0) is 25.8. The molecule has 2 heterocycles. The van der Waals surface area contributed by atoms with Crippen molar-refractivity contribution in [2.75, 3.05) is 6.54 Å². The van der Waals surface area contributed by atoms with Gasteiger partial charge in [0, 0.05) is 18.7 Å². The highest BCUT2D eigenvalue weighted by atomic mass is 16.4. The average Bonchev–Trinajstić information content (AvgIpc) is 3.52. The van der Waals surface area contributed by atoms with Gasteiger partial charge in [0.15, 0.2) is 0 Å².